The fraction of sp³-hybridized carbons (Fsp3) is 0. The molecule has 6 N–H and O–H groups in total. The Balaban J connectivity index is -0.00000000562. The van der Waals surface area contributed by atoms with Gasteiger partial charge in [0.2, 0.25) is 0 Å². The molecule has 0 spiro atoms. The van der Waals surface area contributed by atoms with Crippen molar-refractivity contribution in [1.29, 1.82) is 0 Å². The maximum absolute atomic E-state index is 8.74. The van der Waals surface area contributed by atoms with Gasteiger partial charge >= 0.3 is 114 Å². The minimum absolute atomic E-state index is 0. The molecule has 0 fully saturated rings. The van der Waals surface area contributed by atoms with Crippen molar-refractivity contribution in [3.05, 3.63) is 18.5 Å². The third-order valence-electron chi connectivity index (χ3n) is 0. The molecule has 0 aromatic heterocycles. The van der Waals surface area contributed by atoms with Crippen LogP contribution in [0.25, 0.3) is 18.5 Å². The van der Waals surface area contributed by atoms with Crippen LogP contribution in [0, 0.1) is 0 Å². The van der Waals surface area contributed by atoms with Gasteiger partial charge in [-0.2, -0.15) is 0 Å². The van der Waals surface area contributed by atoms with Crippen LogP contribution in [0.1, 0.15) is 0 Å². The van der Waals surface area contributed by atoms with E-state index in [4.69, 9.17) is 42.2 Å². The molecule has 20 heteroatoms. The first-order valence-corrected chi connectivity index (χ1v) is 5.86. The molecule has 0 amide bonds. The molecule has 0 aliphatic carbocycles. The van der Waals surface area contributed by atoms with E-state index < -0.39 is 27.5 Å². The van der Waals surface area contributed by atoms with Crippen molar-refractivity contribution in [3.63, 3.8) is 0 Å². The van der Waals surface area contributed by atoms with E-state index in [-0.39, 0.29) is 105 Å². The first-order valence-electron chi connectivity index (χ1n) is 1.95. The zero-order valence-electron chi connectivity index (χ0n) is 9.64. The van der Waals surface area contributed by atoms with Crippen molar-refractivity contribution in [2.24, 2.45) is 0 Å². The van der Waals surface area contributed by atoms with Gasteiger partial charge in [-0.15, -0.1) is 0 Å². The molecule has 0 aromatic rings. The summed E-state index contributed by atoms with van der Waals surface area (Å²) in [5, 5.41) is 0. The maximum atomic E-state index is 8.74. The maximum Gasteiger partial charge on any atom is 3.00 e. The van der Waals surface area contributed by atoms with Crippen molar-refractivity contribution in [1.82, 2.24) is 0 Å². The Hall–Kier alpha value is 1.39. The fourth-order valence-electron chi connectivity index (χ4n) is 0. The van der Waals surface area contributed by atoms with Crippen LogP contribution in [0.15, 0.2) is 0 Å². The summed E-state index contributed by atoms with van der Waals surface area (Å²) >= 11 is 0. The molecule has 12 nitrogen and oxygen atoms in total. The Bertz CT molecular complexity index is 134. The van der Waals surface area contributed by atoms with Gasteiger partial charge in [0.1, 0.15) is 0 Å². The minimum atomic E-state index is -3.13. The van der Waals surface area contributed by atoms with Crippen molar-refractivity contribution in [2.45, 2.75) is 0 Å². The number of nitrogens with zero attached hydrogens (tertiary/aromatic N) is 3. The van der Waals surface area contributed by atoms with Crippen LogP contribution in [0.4, 0.5) is 0 Å². The average molecular weight is 411 g/mol. The van der Waals surface area contributed by atoms with E-state index in [1.807, 2.05) is 0 Å². The summed E-state index contributed by atoms with van der Waals surface area (Å²) in [5.74, 6) is 0. The second kappa shape index (κ2) is 71.0. The molecule has 0 saturated heterocycles. The normalized spacial score (nSPS) is 3.60. The van der Waals surface area contributed by atoms with Gasteiger partial charge in [-0.25, -0.2) is 0 Å². The second-order valence-electron chi connectivity index (χ2n) is 0.848. The summed E-state index contributed by atoms with van der Waals surface area (Å²) in [7, 11) is -9.39. The molecule has 0 unspecified atom stereocenters. The molecule has 20 heavy (non-hydrogen) atoms. The summed E-state index contributed by atoms with van der Waals surface area (Å²) < 4.78 is 26.2. The monoisotopic (exact) mass is 411 g/mol. The molecule has 0 atom stereocenters. The summed E-state index contributed by atoms with van der Waals surface area (Å²) in [4.78, 5) is 42.9. The number of rotatable bonds is 0. The summed E-state index contributed by atoms with van der Waals surface area (Å²) in [6, 6.07) is 0. The quantitative estimate of drug-likeness (QED) is 0.207. The van der Waals surface area contributed by atoms with Crippen molar-refractivity contribution in [2.75, 3.05) is 0 Å². The Morgan fingerprint density at radius 1 is 0.400 bits per heavy atom. The zero-order chi connectivity index (χ0) is 10.7. The first-order chi connectivity index (χ1) is 5.20. The molecule has 0 aliphatic heterocycles. The molecule has 0 heterocycles. The number of hydrogen-bond donors (Lipinski definition) is 6. The zero-order valence-corrected chi connectivity index (χ0v) is 18.4. The fourth-order valence-corrected chi connectivity index (χ4v) is 0. The Labute approximate surface area is 173 Å². The van der Waals surface area contributed by atoms with E-state index in [0.717, 1.165) is 0 Å². The van der Waals surface area contributed by atoms with Gasteiger partial charge in [0, 0.05) is 0 Å². The van der Waals surface area contributed by atoms with Crippen LogP contribution in [0.3, 0.4) is 0 Å². The average Bonchev–Trinajstić information content (AvgIpc) is 1.54. The predicted octanol–water partition coefficient (Wildman–Crippen LogP) is -5.88. The Morgan fingerprint density at radius 2 is 0.400 bits per heavy atom. The predicted molar refractivity (Wildman–Crippen MR) is 71.5 cm³/mol. The van der Waals surface area contributed by atoms with Crippen LogP contribution in [0.2, 0.25) is 0 Å². The summed E-state index contributed by atoms with van der Waals surface area (Å²) in [6.07, 6.45) is 0. The molecule has 96 valence electrons. The van der Waals surface area contributed by atoms with Gasteiger partial charge in [-0.05, 0) is 0 Å². The molecule has 0 saturated carbocycles. The summed E-state index contributed by atoms with van der Waals surface area (Å²) in [6.45, 7) is 0. The van der Waals surface area contributed by atoms with Crippen LogP contribution in [0.5, 0.6) is 0 Å². The Morgan fingerprint density at radius 3 is 0.400 bits per heavy atom. The largest absolute Gasteiger partial charge is 3.00 e. The van der Waals surface area contributed by atoms with Gasteiger partial charge in [0.25, 0.3) is 0 Å². The first kappa shape index (κ1) is 82.4. The van der Waals surface area contributed by atoms with E-state index in [2.05, 4.69) is 0 Å². The molecule has 0 radical (unpaired) electrons. The van der Waals surface area contributed by atoms with Gasteiger partial charge in [-0.3, -0.25) is 13.4 Å². The van der Waals surface area contributed by atoms with Gasteiger partial charge in [0.15, 0.2) is 0 Å². The van der Waals surface area contributed by atoms with E-state index >= 15 is 0 Å². The third-order valence-corrected chi connectivity index (χ3v) is 0. The third kappa shape index (κ3) is 3380. The van der Waals surface area contributed by atoms with E-state index in [1.54, 1.807) is 0 Å². The van der Waals surface area contributed by atoms with Crippen LogP contribution < -0.4 is 0 Å². The SMILES string of the molecule is O=[Si](O)O.O=[Si](O)O.O=[Si](O)O.[Al+3].[Al+3].[Al+3].[Al+3].[Al+3].[N-3].[N-3].[N-3]. The minimum Gasteiger partial charge on any atom is -3.00 e. The molecular formula is H6Al5N3O9Si3+6. The number of hydrogen-bond acceptors (Lipinski definition) is 3. The van der Waals surface area contributed by atoms with Crippen molar-refractivity contribution in [3.8, 4) is 0 Å². The molecule has 0 aromatic carbocycles. The van der Waals surface area contributed by atoms with Gasteiger partial charge < -0.3 is 47.2 Å². The molecule has 0 rings (SSSR count). The summed E-state index contributed by atoms with van der Waals surface area (Å²) in [5.41, 5.74) is 0. The molecule has 0 aliphatic rings. The molecular weight excluding hydrogens is 405 g/mol. The topological polar surface area (TPSA) is 264 Å². The molecule has 0 bridgehead atoms. The van der Waals surface area contributed by atoms with Crippen LogP contribution in [-0.4, -0.2) is 143 Å². The van der Waals surface area contributed by atoms with Gasteiger partial charge in [0.05, 0.1) is 0 Å². The van der Waals surface area contributed by atoms with Crippen molar-refractivity contribution >= 4 is 114 Å². The second-order valence-corrected chi connectivity index (χ2v) is 2.54. The van der Waals surface area contributed by atoms with Crippen LogP contribution in [-0.2, 0) is 13.4 Å². The van der Waals surface area contributed by atoms with E-state index in [9.17, 15) is 0 Å². The van der Waals surface area contributed by atoms with E-state index in [1.165, 1.54) is 0 Å². The van der Waals surface area contributed by atoms with E-state index in [0.29, 0.717) is 0 Å². The van der Waals surface area contributed by atoms with Crippen LogP contribution >= 0.6 is 0 Å². The standard InChI is InChI=1S/5Al.3N.3H2O3Si/c;;;;;;;;3*1-4(2)3/h;;;;;;;;3*1-2H/q5*+3;3*-3;;;. The smallest absolute Gasteiger partial charge is 3.00 e. The van der Waals surface area contributed by atoms with Gasteiger partial charge in [-0.1, -0.05) is 0 Å². The Kier molecular flexibility index (Phi) is 292. The van der Waals surface area contributed by atoms with Crippen molar-refractivity contribution < 1.29 is 42.2 Å².